The normalized spacial score (nSPS) is 30.2. The minimum absolute atomic E-state index is 0.605. The van der Waals surface area contributed by atoms with Gasteiger partial charge >= 0.3 is 0 Å². The molecule has 0 aromatic heterocycles. The summed E-state index contributed by atoms with van der Waals surface area (Å²) in [5.41, 5.74) is 1.32. The summed E-state index contributed by atoms with van der Waals surface area (Å²) in [5.74, 6) is 2.53. The predicted octanol–water partition coefficient (Wildman–Crippen LogP) is 2.70. The van der Waals surface area contributed by atoms with Gasteiger partial charge in [0.2, 0.25) is 0 Å². The van der Waals surface area contributed by atoms with Gasteiger partial charge in [-0.15, -0.1) is 0 Å². The molecule has 1 aromatic rings. The van der Waals surface area contributed by atoms with E-state index in [9.17, 15) is 0 Å². The lowest BCUT2D eigenvalue weighted by Crippen LogP contribution is -2.37. The van der Waals surface area contributed by atoms with Gasteiger partial charge in [-0.3, -0.25) is 0 Å². The number of hydrogen-bond acceptors (Lipinski definition) is 3. The molecule has 0 radical (unpaired) electrons. The van der Waals surface area contributed by atoms with Crippen LogP contribution in [0.3, 0.4) is 0 Å². The fraction of sp³-hybridized carbons (Fsp3) is 0.600. The third-order valence-electron chi connectivity index (χ3n) is 4.35. The highest BCUT2D eigenvalue weighted by atomic mass is 16.5. The summed E-state index contributed by atoms with van der Waals surface area (Å²) in [6.07, 6.45) is 5.10. The van der Waals surface area contributed by atoms with E-state index in [1.54, 1.807) is 14.2 Å². The Morgan fingerprint density at radius 2 is 1.78 bits per heavy atom. The van der Waals surface area contributed by atoms with Crippen LogP contribution in [0, 0.1) is 0 Å². The molecule has 0 spiro atoms. The smallest absolute Gasteiger partial charge is 0.122 e. The molecule has 2 bridgehead atoms. The Labute approximate surface area is 108 Å². The molecule has 1 N–H and O–H groups in total. The van der Waals surface area contributed by atoms with Crippen molar-refractivity contribution in [3.8, 4) is 11.5 Å². The summed E-state index contributed by atoms with van der Waals surface area (Å²) in [5, 5.41) is 3.68. The van der Waals surface area contributed by atoms with Gasteiger partial charge in [-0.2, -0.15) is 0 Å². The van der Waals surface area contributed by atoms with Crippen LogP contribution in [0.2, 0.25) is 0 Å². The molecular weight excluding hydrogens is 226 g/mol. The van der Waals surface area contributed by atoms with Gasteiger partial charge in [0, 0.05) is 17.6 Å². The van der Waals surface area contributed by atoms with Crippen molar-refractivity contribution in [1.82, 2.24) is 5.32 Å². The molecule has 2 aliphatic heterocycles. The van der Waals surface area contributed by atoms with Crippen LogP contribution >= 0.6 is 0 Å². The maximum Gasteiger partial charge on any atom is 0.122 e. The fourth-order valence-electron chi connectivity index (χ4n) is 3.47. The van der Waals surface area contributed by atoms with Crippen molar-refractivity contribution < 1.29 is 9.47 Å². The van der Waals surface area contributed by atoms with E-state index < -0.39 is 0 Å². The van der Waals surface area contributed by atoms with Gasteiger partial charge in [0.25, 0.3) is 0 Å². The van der Waals surface area contributed by atoms with E-state index in [4.69, 9.17) is 9.47 Å². The van der Waals surface area contributed by atoms with Crippen LogP contribution in [-0.2, 0) is 0 Å². The van der Waals surface area contributed by atoms with Crippen molar-refractivity contribution in [1.29, 1.82) is 0 Å². The van der Waals surface area contributed by atoms with Crippen LogP contribution in [-0.4, -0.2) is 26.3 Å². The van der Waals surface area contributed by atoms with Gasteiger partial charge in [0.1, 0.15) is 11.5 Å². The van der Waals surface area contributed by atoms with Crippen LogP contribution in [0.15, 0.2) is 18.2 Å². The number of piperidine rings is 1. The molecule has 18 heavy (non-hydrogen) atoms. The Morgan fingerprint density at radius 3 is 2.39 bits per heavy atom. The van der Waals surface area contributed by atoms with Crippen molar-refractivity contribution in [2.45, 2.75) is 43.7 Å². The average Bonchev–Trinajstić information content (AvgIpc) is 2.76. The second kappa shape index (κ2) is 4.81. The number of ether oxygens (including phenoxy) is 2. The third-order valence-corrected chi connectivity index (χ3v) is 4.35. The molecule has 1 aromatic carbocycles. The average molecular weight is 247 g/mol. The highest BCUT2D eigenvalue weighted by Gasteiger charge is 2.35. The number of methoxy groups -OCH3 is 2. The Bertz CT molecular complexity index is 421. The summed E-state index contributed by atoms with van der Waals surface area (Å²) in [6, 6.07) is 7.54. The van der Waals surface area contributed by atoms with Crippen molar-refractivity contribution in [3.63, 3.8) is 0 Å². The molecule has 2 unspecified atom stereocenters. The van der Waals surface area contributed by atoms with Crippen LogP contribution < -0.4 is 14.8 Å². The Balaban J connectivity index is 1.90. The zero-order valence-electron chi connectivity index (χ0n) is 11.1. The number of benzene rings is 1. The molecule has 0 saturated carbocycles. The van der Waals surface area contributed by atoms with Gasteiger partial charge in [-0.25, -0.2) is 0 Å². The van der Waals surface area contributed by atoms with Crippen molar-refractivity contribution in [3.05, 3.63) is 23.8 Å². The maximum atomic E-state index is 5.51. The fourth-order valence-corrected chi connectivity index (χ4v) is 3.47. The molecule has 2 fully saturated rings. The van der Waals surface area contributed by atoms with E-state index in [-0.39, 0.29) is 0 Å². The minimum Gasteiger partial charge on any atom is -0.497 e. The number of hydrogen-bond donors (Lipinski definition) is 1. The first kappa shape index (κ1) is 11.8. The van der Waals surface area contributed by atoms with E-state index in [0.29, 0.717) is 18.0 Å². The van der Waals surface area contributed by atoms with Crippen molar-refractivity contribution in [2.75, 3.05) is 14.2 Å². The monoisotopic (exact) mass is 247 g/mol. The molecule has 98 valence electrons. The van der Waals surface area contributed by atoms with Crippen molar-refractivity contribution >= 4 is 0 Å². The molecular formula is C15H21NO2. The number of nitrogens with one attached hydrogen (secondary N) is 1. The zero-order valence-corrected chi connectivity index (χ0v) is 11.1. The summed E-state index contributed by atoms with van der Waals surface area (Å²) in [6.45, 7) is 0. The molecule has 3 rings (SSSR count). The second-order valence-corrected chi connectivity index (χ2v) is 5.41. The highest BCUT2D eigenvalue weighted by molar-refractivity contribution is 5.43. The Kier molecular flexibility index (Phi) is 3.16. The van der Waals surface area contributed by atoms with E-state index in [1.165, 1.54) is 31.2 Å². The Hall–Kier alpha value is -1.22. The van der Waals surface area contributed by atoms with Gasteiger partial charge < -0.3 is 14.8 Å². The minimum atomic E-state index is 0.605. The quantitative estimate of drug-likeness (QED) is 0.891. The first-order valence-electron chi connectivity index (χ1n) is 6.78. The SMILES string of the molecule is COc1ccc(OC)c(C2CC3CCC(C2)N3)c1. The topological polar surface area (TPSA) is 30.5 Å². The molecule has 2 saturated heterocycles. The summed E-state index contributed by atoms with van der Waals surface area (Å²) >= 11 is 0. The van der Waals surface area contributed by atoms with E-state index in [1.807, 2.05) is 12.1 Å². The molecule has 2 heterocycles. The van der Waals surface area contributed by atoms with Gasteiger partial charge in [0.05, 0.1) is 14.2 Å². The number of fused-ring (bicyclic) bond motifs is 2. The van der Waals surface area contributed by atoms with Crippen molar-refractivity contribution in [2.24, 2.45) is 0 Å². The van der Waals surface area contributed by atoms with Crippen LogP contribution in [0.25, 0.3) is 0 Å². The molecule has 0 aliphatic carbocycles. The summed E-state index contributed by atoms with van der Waals surface area (Å²) in [4.78, 5) is 0. The lowest BCUT2D eigenvalue weighted by atomic mass is 9.85. The van der Waals surface area contributed by atoms with Crippen LogP contribution in [0.4, 0.5) is 0 Å². The summed E-state index contributed by atoms with van der Waals surface area (Å²) < 4.78 is 10.9. The Morgan fingerprint density at radius 1 is 1.06 bits per heavy atom. The van der Waals surface area contributed by atoms with E-state index in [2.05, 4.69) is 11.4 Å². The first-order chi connectivity index (χ1) is 8.80. The van der Waals surface area contributed by atoms with Crippen LogP contribution in [0.5, 0.6) is 11.5 Å². The molecule has 0 amide bonds. The van der Waals surface area contributed by atoms with Crippen LogP contribution in [0.1, 0.15) is 37.2 Å². The van der Waals surface area contributed by atoms with E-state index >= 15 is 0 Å². The second-order valence-electron chi connectivity index (χ2n) is 5.41. The zero-order chi connectivity index (χ0) is 12.5. The lowest BCUT2D eigenvalue weighted by molar-refractivity contribution is 0.345. The largest absolute Gasteiger partial charge is 0.497 e. The summed E-state index contributed by atoms with van der Waals surface area (Å²) in [7, 11) is 3.47. The predicted molar refractivity (Wildman–Crippen MR) is 71.5 cm³/mol. The first-order valence-corrected chi connectivity index (χ1v) is 6.78. The lowest BCUT2D eigenvalue weighted by Gasteiger charge is -2.30. The molecule has 3 nitrogen and oxygen atoms in total. The van der Waals surface area contributed by atoms with Gasteiger partial charge in [-0.05, 0) is 49.8 Å². The molecule has 2 aliphatic rings. The third kappa shape index (κ3) is 2.07. The highest BCUT2D eigenvalue weighted by Crippen LogP contribution is 2.41. The molecule has 2 atom stereocenters. The standard InChI is InChI=1S/C15H21NO2/c1-17-13-5-6-15(18-2)14(9-13)10-7-11-3-4-12(8-10)16-11/h5-6,9-12,16H,3-4,7-8H2,1-2H3. The number of rotatable bonds is 3. The maximum absolute atomic E-state index is 5.51. The van der Waals surface area contributed by atoms with E-state index in [0.717, 1.165) is 11.5 Å². The van der Waals surface area contributed by atoms with Gasteiger partial charge in [-0.1, -0.05) is 0 Å². The molecule has 3 heteroatoms. The van der Waals surface area contributed by atoms with Gasteiger partial charge in [0.15, 0.2) is 0 Å².